The quantitative estimate of drug-likeness (QED) is 0.332. The highest BCUT2D eigenvalue weighted by Crippen LogP contribution is 2.06. The normalized spacial score (nSPS) is 13.7. The zero-order valence-corrected chi connectivity index (χ0v) is 8.08. The van der Waals surface area contributed by atoms with Crippen LogP contribution in [0, 0.1) is 12.0 Å². The molecule has 0 fully saturated rings. The summed E-state index contributed by atoms with van der Waals surface area (Å²) in [6.07, 6.45) is 0.241. The number of hydrogen-bond donors (Lipinski definition) is 4. The summed E-state index contributed by atoms with van der Waals surface area (Å²) in [6.45, 7) is 0.805. The molecule has 80 valence electrons. The highest BCUT2D eigenvalue weighted by molar-refractivity contribution is 5.77. The molecule has 0 aromatic carbocycles. The average molecular weight is 201 g/mol. The van der Waals surface area contributed by atoms with Crippen molar-refractivity contribution in [1.29, 1.82) is 0 Å². The van der Waals surface area contributed by atoms with Gasteiger partial charge in [-0.3, -0.25) is 10.1 Å². The van der Waals surface area contributed by atoms with E-state index in [9.17, 15) is 9.90 Å². The van der Waals surface area contributed by atoms with Gasteiger partial charge in [0, 0.05) is 25.5 Å². The van der Waals surface area contributed by atoms with E-state index in [2.05, 4.69) is 17.3 Å². The third-order valence-corrected chi connectivity index (χ3v) is 1.61. The second-order valence-corrected chi connectivity index (χ2v) is 2.82. The molecule has 0 rings (SSSR count). The third-order valence-electron chi connectivity index (χ3n) is 1.61. The van der Waals surface area contributed by atoms with Gasteiger partial charge < -0.3 is 15.3 Å². The van der Waals surface area contributed by atoms with Crippen LogP contribution in [0.15, 0.2) is 0 Å². The average Bonchev–Trinajstić information content (AvgIpc) is 2.18. The lowest BCUT2D eigenvalue weighted by molar-refractivity contribution is -0.119. The topological polar surface area (TPSA) is 89.8 Å². The molecule has 0 aromatic rings. The van der Waals surface area contributed by atoms with Crippen LogP contribution in [-0.2, 0) is 4.79 Å². The predicted molar refractivity (Wildman–Crippen MR) is 49.9 cm³/mol. The minimum absolute atomic E-state index is 0.0570. The van der Waals surface area contributed by atoms with Gasteiger partial charge in [-0.05, 0) is 5.92 Å². The van der Waals surface area contributed by atoms with E-state index in [0.29, 0.717) is 6.42 Å². The molecule has 1 amide bonds. The van der Waals surface area contributed by atoms with E-state index in [1.54, 1.807) is 6.92 Å². The fourth-order valence-electron chi connectivity index (χ4n) is 0.672. The zero-order chi connectivity index (χ0) is 11.0. The molecule has 4 N–H and O–H groups in total. The Kier molecular flexibility index (Phi) is 5.88. The van der Waals surface area contributed by atoms with Crippen molar-refractivity contribution < 1.29 is 20.1 Å². The van der Waals surface area contributed by atoms with Crippen molar-refractivity contribution >= 4 is 5.91 Å². The summed E-state index contributed by atoms with van der Waals surface area (Å²) >= 11 is 0. The molecule has 0 radical (unpaired) electrons. The zero-order valence-electron chi connectivity index (χ0n) is 8.08. The van der Waals surface area contributed by atoms with Crippen molar-refractivity contribution in [2.75, 3.05) is 13.2 Å². The molecule has 14 heavy (non-hydrogen) atoms. The second-order valence-electron chi connectivity index (χ2n) is 2.82. The summed E-state index contributed by atoms with van der Waals surface area (Å²) in [4.78, 5) is 10.7. The van der Waals surface area contributed by atoms with Crippen molar-refractivity contribution in [3.63, 3.8) is 0 Å². The number of hydrogen-bond acceptors (Lipinski definition) is 4. The Bertz CT molecular complexity index is 243. The highest BCUT2D eigenvalue weighted by atomic mass is 16.3. The van der Waals surface area contributed by atoms with E-state index in [4.69, 9.17) is 10.2 Å². The van der Waals surface area contributed by atoms with Gasteiger partial charge in [0.2, 0.25) is 5.91 Å². The summed E-state index contributed by atoms with van der Waals surface area (Å²) in [5, 5.41) is 29.0. The molecule has 0 aliphatic heterocycles. The SMILES string of the molecule is CCC(=O)NC#CC(O)(CO)CCO. The number of aliphatic hydroxyl groups is 3. The Morgan fingerprint density at radius 3 is 2.57 bits per heavy atom. The molecule has 0 heterocycles. The lowest BCUT2D eigenvalue weighted by Crippen LogP contribution is -2.33. The number of carbonyl (C=O) groups is 1. The first-order valence-electron chi connectivity index (χ1n) is 4.33. The van der Waals surface area contributed by atoms with E-state index >= 15 is 0 Å². The van der Waals surface area contributed by atoms with E-state index in [0.717, 1.165) is 0 Å². The van der Waals surface area contributed by atoms with E-state index in [-0.39, 0.29) is 18.9 Å². The molecule has 0 aromatic heterocycles. The number of nitrogens with one attached hydrogen (secondary N) is 1. The number of amides is 1. The Hall–Kier alpha value is -1.09. The fraction of sp³-hybridized carbons (Fsp3) is 0.667. The minimum atomic E-state index is -1.64. The van der Waals surface area contributed by atoms with Crippen LogP contribution in [0.3, 0.4) is 0 Å². The minimum Gasteiger partial charge on any atom is -0.396 e. The highest BCUT2D eigenvalue weighted by Gasteiger charge is 2.22. The summed E-state index contributed by atoms with van der Waals surface area (Å²) < 4.78 is 0. The van der Waals surface area contributed by atoms with Crippen LogP contribution in [0.4, 0.5) is 0 Å². The van der Waals surface area contributed by atoms with Crippen molar-refractivity contribution in [3.8, 4) is 12.0 Å². The largest absolute Gasteiger partial charge is 0.396 e. The maximum Gasteiger partial charge on any atom is 0.231 e. The van der Waals surface area contributed by atoms with Gasteiger partial charge in [-0.1, -0.05) is 6.92 Å². The first kappa shape index (κ1) is 12.9. The van der Waals surface area contributed by atoms with Crippen LogP contribution >= 0.6 is 0 Å². The van der Waals surface area contributed by atoms with Crippen molar-refractivity contribution in [3.05, 3.63) is 0 Å². The number of rotatable bonds is 4. The van der Waals surface area contributed by atoms with Crippen LogP contribution < -0.4 is 5.32 Å². The first-order chi connectivity index (χ1) is 6.58. The first-order valence-corrected chi connectivity index (χ1v) is 4.33. The Morgan fingerprint density at radius 2 is 2.14 bits per heavy atom. The lowest BCUT2D eigenvalue weighted by Gasteiger charge is -2.17. The molecule has 0 saturated carbocycles. The maximum absolute atomic E-state index is 10.7. The molecule has 0 spiro atoms. The van der Waals surface area contributed by atoms with Crippen molar-refractivity contribution in [2.24, 2.45) is 0 Å². The van der Waals surface area contributed by atoms with Crippen LogP contribution in [0.25, 0.3) is 0 Å². The van der Waals surface area contributed by atoms with Crippen molar-refractivity contribution in [1.82, 2.24) is 5.32 Å². The van der Waals surface area contributed by atoms with Crippen LogP contribution in [-0.4, -0.2) is 40.0 Å². The van der Waals surface area contributed by atoms with Gasteiger partial charge in [0.1, 0.15) is 0 Å². The van der Waals surface area contributed by atoms with Crippen LogP contribution in [0.1, 0.15) is 19.8 Å². The number of aliphatic hydroxyl groups excluding tert-OH is 2. The Labute approximate surface area is 82.8 Å². The van der Waals surface area contributed by atoms with E-state index < -0.39 is 12.2 Å². The summed E-state index contributed by atoms with van der Waals surface area (Å²) in [5.41, 5.74) is -1.64. The number of carbonyl (C=O) groups excluding carboxylic acids is 1. The van der Waals surface area contributed by atoms with Gasteiger partial charge in [0.25, 0.3) is 0 Å². The van der Waals surface area contributed by atoms with Gasteiger partial charge >= 0.3 is 0 Å². The monoisotopic (exact) mass is 201 g/mol. The van der Waals surface area contributed by atoms with E-state index in [1.165, 1.54) is 0 Å². The standard InChI is InChI=1S/C9H15NO4/c1-2-8(13)10-5-3-9(14,7-12)4-6-11/h11-12,14H,2,4,6-7H2,1H3,(H,10,13). The molecule has 5 nitrogen and oxygen atoms in total. The molecule has 5 heteroatoms. The van der Waals surface area contributed by atoms with Gasteiger partial charge in [0.15, 0.2) is 5.60 Å². The summed E-state index contributed by atoms with van der Waals surface area (Å²) in [5.74, 6) is 2.01. The van der Waals surface area contributed by atoms with E-state index in [1.807, 2.05) is 0 Å². The van der Waals surface area contributed by atoms with Gasteiger partial charge in [0.05, 0.1) is 6.61 Å². The molecule has 0 bridgehead atoms. The molecular weight excluding hydrogens is 186 g/mol. The van der Waals surface area contributed by atoms with Crippen LogP contribution in [0.2, 0.25) is 0 Å². The van der Waals surface area contributed by atoms with Crippen molar-refractivity contribution in [2.45, 2.75) is 25.4 Å². The van der Waals surface area contributed by atoms with Crippen LogP contribution in [0.5, 0.6) is 0 Å². The lowest BCUT2D eigenvalue weighted by atomic mass is 10.0. The molecule has 1 unspecified atom stereocenters. The molecule has 1 atom stereocenters. The fourth-order valence-corrected chi connectivity index (χ4v) is 0.672. The predicted octanol–water partition coefficient (Wildman–Crippen LogP) is -1.42. The Balaban J connectivity index is 4.21. The van der Waals surface area contributed by atoms with Gasteiger partial charge in [-0.2, -0.15) is 0 Å². The third kappa shape index (κ3) is 4.82. The van der Waals surface area contributed by atoms with Gasteiger partial charge in [-0.25, -0.2) is 0 Å². The van der Waals surface area contributed by atoms with Gasteiger partial charge in [-0.15, -0.1) is 0 Å². The molecule has 0 aliphatic carbocycles. The molecular formula is C9H15NO4. The second kappa shape index (κ2) is 6.38. The smallest absolute Gasteiger partial charge is 0.231 e. The Morgan fingerprint density at radius 1 is 1.50 bits per heavy atom. The molecule has 0 aliphatic rings. The maximum atomic E-state index is 10.7. The summed E-state index contributed by atoms with van der Waals surface area (Å²) in [6, 6.07) is 2.24. The summed E-state index contributed by atoms with van der Waals surface area (Å²) in [7, 11) is 0. The molecule has 0 saturated heterocycles.